The Bertz CT molecular complexity index is 812. The zero-order chi connectivity index (χ0) is 16.8. The molecule has 0 bridgehead atoms. The van der Waals surface area contributed by atoms with Crippen LogP contribution in [0.1, 0.15) is 6.42 Å². The van der Waals surface area contributed by atoms with Crippen molar-refractivity contribution >= 4 is 23.4 Å². The second-order valence-electron chi connectivity index (χ2n) is 4.59. The molecule has 0 aliphatic heterocycles. The van der Waals surface area contributed by atoms with Gasteiger partial charge in [-0.25, -0.2) is 4.98 Å². The van der Waals surface area contributed by atoms with E-state index in [0.717, 1.165) is 4.57 Å². The summed E-state index contributed by atoms with van der Waals surface area (Å²) in [7, 11) is 0. The lowest BCUT2D eigenvalue weighted by Crippen LogP contribution is -2.29. The number of anilines is 1. The number of carboxylic acids is 1. The molecule has 1 aromatic carbocycles. The number of rotatable bonds is 6. The normalized spacial score (nSPS) is 10.1. The molecule has 0 radical (unpaired) electrons. The van der Waals surface area contributed by atoms with Gasteiger partial charge in [-0.05, 0) is 0 Å². The summed E-state index contributed by atoms with van der Waals surface area (Å²) < 4.78 is 1.06. The summed E-state index contributed by atoms with van der Waals surface area (Å²) in [5.41, 5.74) is 0.228. The minimum absolute atomic E-state index is 0.0107. The molecule has 0 saturated heterocycles. The van der Waals surface area contributed by atoms with Crippen molar-refractivity contribution in [3.05, 3.63) is 45.8 Å². The number of nitriles is 1. The van der Waals surface area contributed by atoms with E-state index in [1.807, 2.05) is 6.07 Å². The molecule has 0 amide bonds. The highest BCUT2D eigenvalue weighted by Gasteiger charge is 2.18. The van der Waals surface area contributed by atoms with Crippen LogP contribution in [0.5, 0.6) is 0 Å². The Hall–Kier alpha value is -2.85. The van der Waals surface area contributed by atoms with E-state index in [1.165, 1.54) is 0 Å². The molecule has 8 heteroatoms. The molecule has 0 aliphatic rings. The summed E-state index contributed by atoms with van der Waals surface area (Å²) in [6.45, 7) is -0.328. The fourth-order valence-electron chi connectivity index (χ4n) is 2.05. The molecule has 0 fully saturated rings. The number of aliphatic carboxylic acids is 1. The Balaban J connectivity index is 2.58. The first-order chi connectivity index (χ1) is 11.0. The number of benzene rings is 1. The van der Waals surface area contributed by atoms with E-state index in [0.29, 0.717) is 5.56 Å². The number of carboxylic acid groups (broad SMARTS) is 1. The van der Waals surface area contributed by atoms with Crippen molar-refractivity contribution in [2.75, 3.05) is 11.9 Å². The van der Waals surface area contributed by atoms with Crippen molar-refractivity contribution in [1.29, 1.82) is 5.26 Å². The third-order valence-corrected chi connectivity index (χ3v) is 3.26. The fourth-order valence-corrected chi connectivity index (χ4v) is 2.34. The van der Waals surface area contributed by atoms with E-state index >= 15 is 0 Å². The minimum atomic E-state index is -1.17. The van der Waals surface area contributed by atoms with Crippen LogP contribution in [0.15, 0.2) is 35.1 Å². The topological polar surface area (TPSA) is 108 Å². The summed E-state index contributed by atoms with van der Waals surface area (Å²) in [6, 6.07) is 10.6. The van der Waals surface area contributed by atoms with Crippen molar-refractivity contribution in [3.8, 4) is 17.3 Å². The maximum Gasteiger partial charge on any atom is 0.323 e. The van der Waals surface area contributed by atoms with Gasteiger partial charge in [-0.15, -0.1) is 0 Å². The molecule has 0 atom stereocenters. The summed E-state index contributed by atoms with van der Waals surface area (Å²) in [4.78, 5) is 27.6. The maximum absolute atomic E-state index is 12.5. The van der Waals surface area contributed by atoms with Crippen molar-refractivity contribution in [3.63, 3.8) is 0 Å². The number of nitrogens with zero attached hydrogens (tertiary/aromatic N) is 3. The number of halogens is 1. The molecule has 0 unspecified atom stereocenters. The predicted octanol–water partition coefficient (Wildman–Crippen LogP) is 1.97. The van der Waals surface area contributed by atoms with Crippen LogP contribution < -0.4 is 10.9 Å². The number of nitrogens with one attached hydrogen (secondary N) is 1. The average Bonchev–Trinajstić information content (AvgIpc) is 2.52. The monoisotopic (exact) mass is 332 g/mol. The van der Waals surface area contributed by atoms with Crippen LogP contribution in [0.2, 0.25) is 5.15 Å². The lowest BCUT2D eigenvalue weighted by Gasteiger charge is -2.14. The Labute approximate surface area is 136 Å². The molecule has 0 saturated carbocycles. The van der Waals surface area contributed by atoms with Gasteiger partial charge in [0.25, 0.3) is 5.56 Å². The Morgan fingerprint density at radius 1 is 1.39 bits per heavy atom. The van der Waals surface area contributed by atoms with Crippen molar-refractivity contribution in [1.82, 2.24) is 9.55 Å². The van der Waals surface area contributed by atoms with Crippen LogP contribution >= 0.6 is 11.6 Å². The zero-order valence-electron chi connectivity index (χ0n) is 12.0. The Morgan fingerprint density at radius 2 is 2.09 bits per heavy atom. The summed E-state index contributed by atoms with van der Waals surface area (Å²) in [6.07, 6.45) is 0.179. The minimum Gasteiger partial charge on any atom is -0.480 e. The average molecular weight is 333 g/mol. The van der Waals surface area contributed by atoms with Crippen LogP contribution in [-0.2, 0) is 11.3 Å². The third-order valence-electron chi connectivity index (χ3n) is 2.99. The van der Waals surface area contributed by atoms with E-state index in [2.05, 4.69) is 10.3 Å². The first-order valence-electron chi connectivity index (χ1n) is 6.73. The van der Waals surface area contributed by atoms with Gasteiger partial charge >= 0.3 is 5.97 Å². The molecule has 23 heavy (non-hydrogen) atoms. The molecule has 1 aromatic heterocycles. The van der Waals surface area contributed by atoms with Gasteiger partial charge < -0.3 is 10.4 Å². The highest BCUT2D eigenvalue weighted by atomic mass is 35.5. The number of hydrogen-bond donors (Lipinski definition) is 2. The largest absolute Gasteiger partial charge is 0.480 e. The van der Waals surface area contributed by atoms with Gasteiger partial charge in [0, 0.05) is 12.1 Å². The van der Waals surface area contributed by atoms with Crippen LogP contribution in [0.3, 0.4) is 0 Å². The SMILES string of the molecule is N#CCCNc1nc(Cl)c(-c2ccccc2)n(CC(=O)O)c1=O. The molecular formula is C15H13ClN4O3. The van der Waals surface area contributed by atoms with Crippen molar-refractivity contribution in [2.24, 2.45) is 0 Å². The molecule has 1 heterocycles. The van der Waals surface area contributed by atoms with Crippen LogP contribution in [0.4, 0.5) is 5.82 Å². The van der Waals surface area contributed by atoms with Gasteiger partial charge in [-0.3, -0.25) is 14.2 Å². The van der Waals surface area contributed by atoms with E-state index in [1.54, 1.807) is 30.3 Å². The van der Waals surface area contributed by atoms with E-state index in [-0.39, 0.29) is 29.6 Å². The number of carbonyl (C=O) groups is 1. The molecule has 7 nitrogen and oxygen atoms in total. The van der Waals surface area contributed by atoms with Crippen LogP contribution in [0, 0.1) is 11.3 Å². The highest BCUT2D eigenvalue weighted by Crippen LogP contribution is 2.26. The standard InChI is InChI=1S/C15H13ClN4O3/c16-13-12(10-5-2-1-3-6-10)20(9-11(21)22)15(23)14(19-13)18-8-4-7-17/h1-3,5-6H,4,8-9H2,(H,18,19)(H,21,22). The van der Waals surface area contributed by atoms with Crippen molar-refractivity contribution < 1.29 is 9.90 Å². The molecule has 0 spiro atoms. The summed E-state index contributed by atoms with van der Waals surface area (Å²) in [5, 5.41) is 20.3. The fraction of sp³-hybridized carbons (Fsp3) is 0.200. The van der Waals surface area contributed by atoms with Gasteiger partial charge in [0.05, 0.1) is 18.2 Å². The molecule has 0 aliphatic carbocycles. The van der Waals surface area contributed by atoms with Gasteiger partial charge in [0.15, 0.2) is 11.0 Å². The summed E-state index contributed by atoms with van der Waals surface area (Å²) in [5.74, 6) is -1.25. The van der Waals surface area contributed by atoms with E-state index < -0.39 is 18.1 Å². The Morgan fingerprint density at radius 3 is 2.70 bits per heavy atom. The van der Waals surface area contributed by atoms with Crippen LogP contribution in [0.25, 0.3) is 11.3 Å². The first-order valence-corrected chi connectivity index (χ1v) is 7.10. The lowest BCUT2D eigenvalue weighted by molar-refractivity contribution is -0.137. The second kappa shape index (κ2) is 7.42. The molecular weight excluding hydrogens is 320 g/mol. The lowest BCUT2D eigenvalue weighted by atomic mass is 10.1. The van der Waals surface area contributed by atoms with E-state index in [9.17, 15) is 9.59 Å². The summed E-state index contributed by atoms with van der Waals surface area (Å²) >= 11 is 6.17. The second-order valence-corrected chi connectivity index (χ2v) is 4.94. The van der Waals surface area contributed by atoms with Gasteiger partial charge in [-0.1, -0.05) is 41.9 Å². The Kier molecular flexibility index (Phi) is 5.33. The molecule has 2 rings (SSSR count). The highest BCUT2D eigenvalue weighted by molar-refractivity contribution is 6.32. The van der Waals surface area contributed by atoms with Gasteiger partial charge in [0.1, 0.15) is 6.54 Å². The quantitative estimate of drug-likeness (QED) is 0.783. The number of aromatic nitrogens is 2. The molecule has 2 N–H and O–H groups in total. The van der Waals surface area contributed by atoms with Crippen molar-refractivity contribution in [2.45, 2.75) is 13.0 Å². The van der Waals surface area contributed by atoms with Crippen LogP contribution in [-0.4, -0.2) is 27.2 Å². The smallest absolute Gasteiger partial charge is 0.323 e. The van der Waals surface area contributed by atoms with Gasteiger partial charge in [0.2, 0.25) is 0 Å². The number of hydrogen-bond acceptors (Lipinski definition) is 5. The molecule has 2 aromatic rings. The third kappa shape index (κ3) is 3.87. The maximum atomic E-state index is 12.5. The predicted molar refractivity (Wildman–Crippen MR) is 85.3 cm³/mol. The van der Waals surface area contributed by atoms with Gasteiger partial charge in [-0.2, -0.15) is 5.26 Å². The first kappa shape index (κ1) is 16.5. The molecule has 118 valence electrons. The zero-order valence-corrected chi connectivity index (χ0v) is 12.7. The van der Waals surface area contributed by atoms with E-state index in [4.69, 9.17) is 22.0 Å².